The highest BCUT2D eigenvalue weighted by atomic mass is 79.9. The third-order valence-corrected chi connectivity index (χ3v) is 4.41. The standard InChI is InChI=1S/C14H10BrN3O/c15-9-4-8-5-14(6-11(8)17-7-9)10-2-1-3-16-12(10)18-13(14)19/h1-4,7H,5-6H2,(H,16,18,19)/t14-/m0/s1. The minimum Gasteiger partial charge on any atom is -0.310 e. The van der Waals surface area contributed by atoms with Gasteiger partial charge >= 0.3 is 0 Å². The maximum Gasteiger partial charge on any atom is 0.237 e. The molecule has 2 aromatic heterocycles. The second kappa shape index (κ2) is 3.63. The summed E-state index contributed by atoms with van der Waals surface area (Å²) < 4.78 is 0.952. The largest absolute Gasteiger partial charge is 0.310 e. The van der Waals surface area contributed by atoms with Crippen LogP contribution in [-0.4, -0.2) is 15.9 Å². The molecular weight excluding hydrogens is 306 g/mol. The summed E-state index contributed by atoms with van der Waals surface area (Å²) in [6.45, 7) is 0. The zero-order valence-electron chi connectivity index (χ0n) is 9.98. The molecule has 0 saturated heterocycles. The molecule has 4 rings (SSSR count). The van der Waals surface area contributed by atoms with Crippen LogP contribution < -0.4 is 5.32 Å². The van der Waals surface area contributed by atoms with Gasteiger partial charge in [0.15, 0.2) is 0 Å². The zero-order valence-corrected chi connectivity index (χ0v) is 11.6. The molecule has 0 unspecified atom stereocenters. The second-order valence-corrected chi connectivity index (χ2v) is 5.96. The topological polar surface area (TPSA) is 54.9 Å². The average molecular weight is 316 g/mol. The third kappa shape index (κ3) is 1.42. The molecule has 5 heteroatoms. The van der Waals surface area contributed by atoms with E-state index >= 15 is 0 Å². The summed E-state index contributed by atoms with van der Waals surface area (Å²) in [6, 6.07) is 5.92. The van der Waals surface area contributed by atoms with Crippen molar-refractivity contribution >= 4 is 27.7 Å². The number of fused-ring (bicyclic) bond motifs is 3. The molecule has 1 amide bonds. The van der Waals surface area contributed by atoms with Crippen molar-refractivity contribution < 1.29 is 4.79 Å². The number of amides is 1. The summed E-state index contributed by atoms with van der Waals surface area (Å²) in [5.41, 5.74) is 2.63. The number of rotatable bonds is 0. The van der Waals surface area contributed by atoms with Crippen LogP contribution in [0.15, 0.2) is 35.1 Å². The van der Waals surface area contributed by atoms with Crippen LogP contribution in [-0.2, 0) is 23.1 Å². The van der Waals surface area contributed by atoms with Crippen molar-refractivity contribution in [3.63, 3.8) is 0 Å². The first kappa shape index (κ1) is 11.1. The van der Waals surface area contributed by atoms with Gasteiger partial charge in [-0.1, -0.05) is 6.07 Å². The van der Waals surface area contributed by atoms with Gasteiger partial charge in [0, 0.05) is 34.5 Å². The highest BCUT2D eigenvalue weighted by Gasteiger charge is 2.51. The lowest BCUT2D eigenvalue weighted by atomic mass is 9.80. The van der Waals surface area contributed by atoms with Gasteiger partial charge in [0.1, 0.15) is 5.82 Å². The third-order valence-electron chi connectivity index (χ3n) is 3.98. The van der Waals surface area contributed by atoms with Crippen molar-refractivity contribution in [2.75, 3.05) is 5.32 Å². The number of nitrogens with one attached hydrogen (secondary N) is 1. The van der Waals surface area contributed by atoms with Gasteiger partial charge in [0.05, 0.1) is 5.41 Å². The summed E-state index contributed by atoms with van der Waals surface area (Å²) in [5, 5.41) is 2.89. The number of hydrogen-bond donors (Lipinski definition) is 1. The fourth-order valence-electron chi connectivity index (χ4n) is 3.09. The van der Waals surface area contributed by atoms with Crippen molar-refractivity contribution in [1.29, 1.82) is 0 Å². The Balaban J connectivity index is 1.88. The van der Waals surface area contributed by atoms with Crippen LogP contribution in [0.4, 0.5) is 5.82 Å². The van der Waals surface area contributed by atoms with Gasteiger partial charge in [-0.15, -0.1) is 0 Å². The molecule has 2 aromatic rings. The van der Waals surface area contributed by atoms with Gasteiger partial charge < -0.3 is 5.32 Å². The van der Waals surface area contributed by atoms with Crippen LogP contribution in [0.3, 0.4) is 0 Å². The molecule has 0 radical (unpaired) electrons. The molecule has 2 aliphatic rings. The summed E-state index contributed by atoms with van der Waals surface area (Å²) in [7, 11) is 0. The Labute approximate surface area is 118 Å². The normalized spacial score (nSPS) is 23.3. The summed E-state index contributed by atoms with van der Waals surface area (Å²) in [6.07, 6.45) is 4.84. The molecule has 0 aromatic carbocycles. The molecule has 1 aliphatic heterocycles. The van der Waals surface area contributed by atoms with Gasteiger partial charge in [-0.2, -0.15) is 0 Å². The van der Waals surface area contributed by atoms with Gasteiger partial charge in [-0.05, 0) is 40.0 Å². The number of carbonyl (C=O) groups excluding carboxylic acids is 1. The fourth-order valence-corrected chi connectivity index (χ4v) is 3.47. The van der Waals surface area contributed by atoms with Crippen molar-refractivity contribution in [3.8, 4) is 0 Å². The number of hydrogen-bond acceptors (Lipinski definition) is 3. The van der Waals surface area contributed by atoms with Crippen molar-refractivity contribution in [3.05, 3.63) is 51.9 Å². The van der Waals surface area contributed by atoms with Crippen LogP contribution in [0, 0.1) is 0 Å². The Morgan fingerprint density at radius 2 is 2.21 bits per heavy atom. The van der Waals surface area contributed by atoms with Crippen molar-refractivity contribution in [2.45, 2.75) is 18.3 Å². The van der Waals surface area contributed by atoms with Crippen LogP contribution in [0.5, 0.6) is 0 Å². The van der Waals surface area contributed by atoms with Crippen LogP contribution in [0.25, 0.3) is 0 Å². The molecule has 1 spiro atoms. The van der Waals surface area contributed by atoms with Gasteiger partial charge in [-0.3, -0.25) is 9.78 Å². The number of carbonyl (C=O) groups is 1. The first-order chi connectivity index (χ1) is 9.19. The van der Waals surface area contributed by atoms with E-state index in [4.69, 9.17) is 0 Å². The molecular formula is C14H10BrN3O. The predicted octanol–water partition coefficient (Wildman–Crippen LogP) is 2.23. The van der Waals surface area contributed by atoms with Gasteiger partial charge in [0.25, 0.3) is 0 Å². The van der Waals surface area contributed by atoms with E-state index in [0.717, 1.165) is 21.3 Å². The molecule has 19 heavy (non-hydrogen) atoms. The summed E-state index contributed by atoms with van der Waals surface area (Å²) in [4.78, 5) is 21.1. The summed E-state index contributed by atoms with van der Waals surface area (Å²) in [5.74, 6) is 0.731. The predicted molar refractivity (Wildman–Crippen MR) is 73.9 cm³/mol. The first-order valence-corrected chi connectivity index (χ1v) is 6.89. The first-order valence-electron chi connectivity index (χ1n) is 6.09. The van der Waals surface area contributed by atoms with Crippen LogP contribution in [0.1, 0.15) is 16.8 Å². The fraction of sp³-hybridized carbons (Fsp3) is 0.214. The lowest BCUT2D eigenvalue weighted by molar-refractivity contribution is -0.120. The maximum absolute atomic E-state index is 12.4. The van der Waals surface area contributed by atoms with E-state index in [1.54, 1.807) is 12.4 Å². The van der Waals surface area contributed by atoms with E-state index in [1.807, 2.05) is 12.1 Å². The highest BCUT2D eigenvalue weighted by molar-refractivity contribution is 9.10. The highest BCUT2D eigenvalue weighted by Crippen LogP contribution is 2.46. The molecule has 94 valence electrons. The average Bonchev–Trinajstić information content (AvgIpc) is 2.90. The molecule has 3 heterocycles. The Hall–Kier alpha value is -1.75. The van der Waals surface area contributed by atoms with E-state index in [0.29, 0.717) is 18.7 Å². The lowest BCUT2D eigenvalue weighted by Gasteiger charge is -2.19. The Morgan fingerprint density at radius 3 is 3.11 bits per heavy atom. The van der Waals surface area contributed by atoms with E-state index in [2.05, 4.69) is 37.3 Å². The van der Waals surface area contributed by atoms with Crippen molar-refractivity contribution in [2.24, 2.45) is 0 Å². The van der Waals surface area contributed by atoms with E-state index < -0.39 is 5.41 Å². The smallest absolute Gasteiger partial charge is 0.237 e. The Kier molecular flexibility index (Phi) is 2.12. The number of halogens is 1. The minimum atomic E-state index is -0.514. The Bertz CT molecular complexity index is 716. The van der Waals surface area contributed by atoms with Crippen LogP contribution >= 0.6 is 15.9 Å². The molecule has 1 atom stereocenters. The van der Waals surface area contributed by atoms with E-state index in [9.17, 15) is 4.79 Å². The molecule has 1 aliphatic carbocycles. The van der Waals surface area contributed by atoms with E-state index in [1.165, 1.54) is 0 Å². The SMILES string of the molecule is O=C1Nc2ncccc2[C@@]12Cc1cc(Br)cnc1C2. The quantitative estimate of drug-likeness (QED) is 0.811. The van der Waals surface area contributed by atoms with Crippen molar-refractivity contribution in [1.82, 2.24) is 9.97 Å². The van der Waals surface area contributed by atoms with Gasteiger partial charge in [0.2, 0.25) is 5.91 Å². The number of aromatic nitrogens is 2. The lowest BCUT2D eigenvalue weighted by Crippen LogP contribution is -2.35. The molecule has 4 nitrogen and oxygen atoms in total. The second-order valence-electron chi connectivity index (χ2n) is 5.05. The molecule has 0 fully saturated rings. The summed E-state index contributed by atoms with van der Waals surface area (Å²) >= 11 is 3.43. The number of anilines is 1. The molecule has 1 N–H and O–H groups in total. The zero-order chi connectivity index (χ0) is 13.0. The van der Waals surface area contributed by atoms with Crippen LogP contribution in [0.2, 0.25) is 0 Å². The molecule has 0 saturated carbocycles. The molecule has 0 bridgehead atoms. The monoisotopic (exact) mass is 315 g/mol. The maximum atomic E-state index is 12.4. The minimum absolute atomic E-state index is 0.0373. The van der Waals surface area contributed by atoms with Gasteiger partial charge in [-0.25, -0.2) is 4.98 Å². The number of pyridine rings is 2. The number of nitrogens with zero attached hydrogens (tertiary/aromatic N) is 2. The van der Waals surface area contributed by atoms with E-state index in [-0.39, 0.29) is 5.91 Å². The Morgan fingerprint density at radius 1 is 1.32 bits per heavy atom.